The summed E-state index contributed by atoms with van der Waals surface area (Å²) in [5.41, 5.74) is 2.92. The summed E-state index contributed by atoms with van der Waals surface area (Å²) in [5, 5.41) is 11.7. The van der Waals surface area contributed by atoms with E-state index >= 15 is 0 Å². The highest BCUT2D eigenvalue weighted by Crippen LogP contribution is 2.35. The number of methoxy groups -OCH3 is 1. The van der Waals surface area contributed by atoms with Gasteiger partial charge in [-0.2, -0.15) is 0 Å². The molecule has 0 radical (unpaired) electrons. The van der Waals surface area contributed by atoms with Crippen LogP contribution in [0.3, 0.4) is 0 Å². The first-order valence-electron chi connectivity index (χ1n) is 7.82. The number of benzene rings is 2. The van der Waals surface area contributed by atoms with Crippen LogP contribution in [0.2, 0.25) is 0 Å². The normalized spacial score (nSPS) is 16.0. The van der Waals surface area contributed by atoms with Crippen LogP contribution < -0.4 is 5.32 Å². The molecule has 0 fully saturated rings. The number of anilines is 1. The molecular formula is C19H16N2O5. The van der Waals surface area contributed by atoms with Gasteiger partial charge < -0.3 is 15.2 Å². The van der Waals surface area contributed by atoms with E-state index in [1.807, 2.05) is 0 Å². The third-order valence-electron chi connectivity index (χ3n) is 4.14. The first-order chi connectivity index (χ1) is 12.4. The van der Waals surface area contributed by atoms with Crippen molar-refractivity contribution in [2.75, 3.05) is 12.4 Å². The highest BCUT2D eigenvalue weighted by atomic mass is 16.5. The Kier molecular flexibility index (Phi) is 4.53. The SMILES string of the molecule is COC(=O)c1ccc2c(c1)NC(=O)C2C(C)=Nc1ccc(C(=O)O)cc1. The molecule has 2 aromatic rings. The third kappa shape index (κ3) is 3.19. The van der Waals surface area contributed by atoms with Gasteiger partial charge in [-0.05, 0) is 48.9 Å². The number of amides is 1. The van der Waals surface area contributed by atoms with Gasteiger partial charge in [-0.15, -0.1) is 0 Å². The number of carbonyl (C=O) groups excluding carboxylic acids is 2. The number of hydrogen-bond donors (Lipinski definition) is 2. The van der Waals surface area contributed by atoms with Crippen LogP contribution in [0.1, 0.15) is 39.1 Å². The van der Waals surface area contributed by atoms with E-state index in [1.54, 1.807) is 37.3 Å². The van der Waals surface area contributed by atoms with Crippen molar-refractivity contribution >= 4 is 34.9 Å². The lowest BCUT2D eigenvalue weighted by Crippen LogP contribution is -2.18. The summed E-state index contributed by atoms with van der Waals surface area (Å²) in [6.45, 7) is 1.73. The topological polar surface area (TPSA) is 105 Å². The van der Waals surface area contributed by atoms with Gasteiger partial charge in [0.15, 0.2) is 0 Å². The molecule has 1 heterocycles. The lowest BCUT2D eigenvalue weighted by Gasteiger charge is -2.09. The Morgan fingerprint density at radius 3 is 2.38 bits per heavy atom. The maximum atomic E-state index is 12.4. The van der Waals surface area contributed by atoms with E-state index in [4.69, 9.17) is 5.11 Å². The maximum absolute atomic E-state index is 12.4. The van der Waals surface area contributed by atoms with Gasteiger partial charge in [0, 0.05) is 11.4 Å². The van der Waals surface area contributed by atoms with Crippen LogP contribution in [-0.2, 0) is 9.53 Å². The number of esters is 1. The molecule has 7 heteroatoms. The van der Waals surface area contributed by atoms with E-state index in [9.17, 15) is 14.4 Å². The standard InChI is InChI=1S/C19H16N2O5/c1-10(20-13-6-3-11(4-7-13)18(23)24)16-14-8-5-12(19(25)26-2)9-15(14)21-17(16)22/h3-9,16H,1-2H3,(H,21,22)(H,23,24). The number of ether oxygens (including phenoxy) is 1. The number of nitrogens with one attached hydrogen (secondary N) is 1. The quantitative estimate of drug-likeness (QED) is 0.650. The van der Waals surface area contributed by atoms with Crippen molar-refractivity contribution in [1.29, 1.82) is 0 Å². The molecule has 0 saturated heterocycles. The zero-order chi connectivity index (χ0) is 18.8. The van der Waals surface area contributed by atoms with Crippen LogP contribution >= 0.6 is 0 Å². The summed E-state index contributed by atoms with van der Waals surface area (Å²) in [5.74, 6) is -2.29. The van der Waals surface area contributed by atoms with Crippen molar-refractivity contribution < 1.29 is 24.2 Å². The first kappa shape index (κ1) is 17.3. The first-order valence-corrected chi connectivity index (χ1v) is 7.82. The molecule has 1 aliphatic heterocycles. The smallest absolute Gasteiger partial charge is 0.337 e. The van der Waals surface area contributed by atoms with Gasteiger partial charge in [0.25, 0.3) is 0 Å². The second-order valence-electron chi connectivity index (χ2n) is 5.82. The summed E-state index contributed by atoms with van der Waals surface area (Å²) in [6, 6.07) is 11.0. The Morgan fingerprint density at radius 1 is 1.12 bits per heavy atom. The van der Waals surface area contributed by atoms with E-state index < -0.39 is 17.9 Å². The van der Waals surface area contributed by atoms with Gasteiger partial charge in [0.05, 0.1) is 23.9 Å². The van der Waals surface area contributed by atoms with E-state index in [0.717, 1.165) is 5.56 Å². The van der Waals surface area contributed by atoms with Gasteiger partial charge >= 0.3 is 11.9 Å². The number of hydrogen-bond acceptors (Lipinski definition) is 5. The molecule has 0 bridgehead atoms. The summed E-state index contributed by atoms with van der Waals surface area (Å²) < 4.78 is 4.69. The Balaban J connectivity index is 1.91. The highest BCUT2D eigenvalue weighted by molar-refractivity contribution is 6.18. The molecule has 2 N–H and O–H groups in total. The summed E-state index contributed by atoms with van der Waals surface area (Å²) >= 11 is 0. The third-order valence-corrected chi connectivity index (χ3v) is 4.14. The minimum atomic E-state index is -1.01. The molecule has 1 atom stereocenters. The van der Waals surface area contributed by atoms with Crippen molar-refractivity contribution in [3.63, 3.8) is 0 Å². The molecule has 1 aliphatic rings. The van der Waals surface area contributed by atoms with E-state index in [0.29, 0.717) is 22.6 Å². The average Bonchev–Trinajstić information content (AvgIpc) is 2.96. The number of carboxylic acid groups (broad SMARTS) is 1. The lowest BCUT2D eigenvalue weighted by molar-refractivity contribution is -0.115. The molecule has 0 aromatic heterocycles. The van der Waals surface area contributed by atoms with Crippen LogP contribution in [0.25, 0.3) is 0 Å². The van der Waals surface area contributed by atoms with E-state index in [-0.39, 0.29) is 11.5 Å². The minimum absolute atomic E-state index is 0.167. The van der Waals surface area contributed by atoms with Crippen molar-refractivity contribution in [2.24, 2.45) is 4.99 Å². The summed E-state index contributed by atoms with van der Waals surface area (Å²) in [7, 11) is 1.30. The molecule has 7 nitrogen and oxygen atoms in total. The fraction of sp³-hybridized carbons (Fsp3) is 0.158. The number of nitrogens with zero attached hydrogens (tertiary/aromatic N) is 1. The van der Waals surface area contributed by atoms with Crippen molar-refractivity contribution in [1.82, 2.24) is 0 Å². The Bertz CT molecular complexity index is 931. The van der Waals surface area contributed by atoms with E-state index in [1.165, 1.54) is 19.2 Å². The monoisotopic (exact) mass is 352 g/mol. The molecule has 132 valence electrons. The Hall–Kier alpha value is -3.48. The predicted octanol–water partition coefficient (Wildman–Crippen LogP) is 3.00. The number of aromatic carboxylic acids is 1. The largest absolute Gasteiger partial charge is 0.478 e. The molecule has 2 aromatic carbocycles. The lowest BCUT2D eigenvalue weighted by atomic mass is 9.95. The summed E-state index contributed by atoms with van der Waals surface area (Å²) in [6.07, 6.45) is 0. The van der Waals surface area contributed by atoms with Gasteiger partial charge in [-0.3, -0.25) is 9.79 Å². The molecule has 26 heavy (non-hydrogen) atoms. The molecule has 1 unspecified atom stereocenters. The molecule has 0 aliphatic carbocycles. The number of fused-ring (bicyclic) bond motifs is 1. The van der Waals surface area contributed by atoms with Crippen LogP contribution in [0.15, 0.2) is 47.5 Å². The predicted molar refractivity (Wildman–Crippen MR) is 95.3 cm³/mol. The van der Waals surface area contributed by atoms with Gasteiger partial charge in [-0.25, -0.2) is 9.59 Å². The molecule has 1 amide bonds. The number of carboxylic acids is 1. The molecular weight excluding hydrogens is 336 g/mol. The molecule has 3 rings (SSSR count). The Morgan fingerprint density at radius 2 is 1.77 bits per heavy atom. The van der Waals surface area contributed by atoms with Crippen LogP contribution in [0, 0.1) is 0 Å². The fourth-order valence-corrected chi connectivity index (χ4v) is 2.87. The van der Waals surface area contributed by atoms with Gasteiger partial charge in [0.1, 0.15) is 5.92 Å². The molecule has 0 saturated carbocycles. The summed E-state index contributed by atoms with van der Waals surface area (Å²) in [4.78, 5) is 39.3. The highest BCUT2D eigenvalue weighted by Gasteiger charge is 2.33. The maximum Gasteiger partial charge on any atom is 0.337 e. The van der Waals surface area contributed by atoms with Crippen molar-refractivity contribution in [2.45, 2.75) is 12.8 Å². The van der Waals surface area contributed by atoms with E-state index in [2.05, 4.69) is 15.0 Å². The van der Waals surface area contributed by atoms with Crippen LogP contribution in [0.5, 0.6) is 0 Å². The zero-order valence-corrected chi connectivity index (χ0v) is 14.1. The average molecular weight is 352 g/mol. The van der Waals surface area contributed by atoms with Crippen molar-refractivity contribution in [3.05, 3.63) is 59.2 Å². The number of carbonyl (C=O) groups is 3. The van der Waals surface area contributed by atoms with Crippen molar-refractivity contribution in [3.8, 4) is 0 Å². The van der Waals surface area contributed by atoms with Gasteiger partial charge in [-0.1, -0.05) is 6.07 Å². The van der Waals surface area contributed by atoms with Crippen LogP contribution in [0.4, 0.5) is 11.4 Å². The fourth-order valence-electron chi connectivity index (χ4n) is 2.87. The second kappa shape index (κ2) is 6.79. The number of rotatable bonds is 4. The van der Waals surface area contributed by atoms with Crippen LogP contribution in [-0.4, -0.2) is 35.8 Å². The minimum Gasteiger partial charge on any atom is -0.478 e. The molecule has 0 spiro atoms. The number of aliphatic imine (C=N–C) groups is 1. The zero-order valence-electron chi connectivity index (χ0n) is 14.1. The van der Waals surface area contributed by atoms with Gasteiger partial charge in [0.2, 0.25) is 5.91 Å². The Labute approximate surface area is 149 Å². The second-order valence-corrected chi connectivity index (χ2v) is 5.82.